The van der Waals surface area contributed by atoms with Crippen molar-refractivity contribution in [2.45, 2.75) is 38.1 Å². The third-order valence-electron chi connectivity index (χ3n) is 3.93. The van der Waals surface area contributed by atoms with Crippen molar-refractivity contribution in [2.24, 2.45) is 5.92 Å². The Hall–Kier alpha value is -0.980. The number of nitrogens with zero attached hydrogens (tertiary/aromatic N) is 1. The van der Waals surface area contributed by atoms with Gasteiger partial charge in [0.15, 0.2) is 0 Å². The Balaban J connectivity index is 2.40. The lowest BCUT2D eigenvalue weighted by atomic mass is 10.0. The molecule has 1 fully saturated rings. The van der Waals surface area contributed by atoms with Crippen LogP contribution in [0.3, 0.4) is 0 Å². The van der Waals surface area contributed by atoms with Gasteiger partial charge in [-0.3, -0.25) is 0 Å². The van der Waals surface area contributed by atoms with Crippen LogP contribution < -0.4 is 5.32 Å². The number of hydrogen-bond donors (Lipinski definition) is 1. The first-order valence-corrected chi connectivity index (χ1v) is 8.74. The van der Waals surface area contributed by atoms with Gasteiger partial charge < -0.3 is 5.32 Å². The molecule has 1 atom stereocenters. The zero-order valence-corrected chi connectivity index (χ0v) is 13.6. The van der Waals surface area contributed by atoms with Crippen molar-refractivity contribution in [1.29, 1.82) is 0 Å². The summed E-state index contributed by atoms with van der Waals surface area (Å²) in [7, 11) is -1.83. The number of halogens is 1. The summed E-state index contributed by atoms with van der Waals surface area (Å²) in [6.45, 7) is 5.06. The number of aryl methyl sites for hydroxylation is 1. The molecular formula is C15H23FN2O2S. The summed E-state index contributed by atoms with van der Waals surface area (Å²) >= 11 is 0. The highest BCUT2D eigenvalue weighted by Crippen LogP contribution is 2.26. The summed E-state index contributed by atoms with van der Waals surface area (Å²) in [5, 5.41) is 2.87. The monoisotopic (exact) mass is 314 g/mol. The van der Waals surface area contributed by atoms with E-state index in [-0.39, 0.29) is 10.7 Å². The Bertz CT molecular complexity index is 616. The number of rotatable bonds is 4. The predicted molar refractivity (Wildman–Crippen MR) is 81.1 cm³/mol. The maximum Gasteiger partial charge on any atom is 0.243 e. The van der Waals surface area contributed by atoms with Crippen LogP contribution in [0.5, 0.6) is 0 Å². The van der Waals surface area contributed by atoms with Gasteiger partial charge in [-0.15, -0.1) is 0 Å². The standard InChI is InChI=1S/C15H23FN2O2S/c1-11-5-4-6-18(10-11)21(19,20)14-7-12(2)15(16)13(8-14)9-17-3/h7-8,11,17H,4-6,9-10H2,1-3H3. The van der Waals surface area contributed by atoms with E-state index in [0.29, 0.717) is 36.7 Å². The molecule has 1 unspecified atom stereocenters. The minimum Gasteiger partial charge on any atom is -0.316 e. The van der Waals surface area contributed by atoms with Crippen LogP contribution in [-0.4, -0.2) is 32.9 Å². The summed E-state index contributed by atoms with van der Waals surface area (Å²) in [4.78, 5) is 0.195. The molecule has 1 aliphatic heterocycles. The molecule has 118 valence electrons. The van der Waals surface area contributed by atoms with Crippen LogP contribution in [0.15, 0.2) is 17.0 Å². The maximum absolute atomic E-state index is 14.0. The van der Waals surface area contributed by atoms with Crippen LogP contribution in [0.2, 0.25) is 0 Å². The van der Waals surface area contributed by atoms with Gasteiger partial charge >= 0.3 is 0 Å². The van der Waals surface area contributed by atoms with Gasteiger partial charge in [-0.05, 0) is 50.4 Å². The van der Waals surface area contributed by atoms with E-state index in [0.717, 1.165) is 12.8 Å². The first kappa shape index (κ1) is 16.4. The number of nitrogens with one attached hydrogen (secondary N) is 1. The van der Waals surface area contributed by atoms with Gasteiger partial charge in [0.05, 0.1) is 4.90 Å². The van der Waals surface area contributed by atoms with Crippen LogP contribution in [0.4, 0.5) is 4.39 Å². The number of sulfonamides is 1. The lowest BCUT2D eigenvalue weighted by Gasteiger charge is -2.30. The molecule has 1 heterocycles. The summed E-state index contributed by atoms with van der Waals surface area (Å²) < 4.78 is 41.0. The molecule has 1 aromatic carbocycles. The third kappa shape index (κ3) is 3.44. The summed E-state index contributed by atoms with van der Waals surface area (Å²) in [6, 6.07) is 2.89. The molecule has 1 N–H and O–H groups in total. The molecule has 0 aromatic heterocycles. The smallest absolute Gasteiger partial charge is 0.243 e. The Morgan fingerprint density at radius 3 is 2.76 bits per heavy atom. The van der Waals surface area contributed by atoms with E-state index in [1.54, 1.807) is 14.0 Å². The van der Waals surface area contributed by atoms with E-state index in [1.165, 1.54) is 16.4 Å². The molecule has 21 heavy (non-hydrogen) atoms. The molecular weight excluding hydrogens is 291 g/mol. The summed E-state index contributed by atoms with van der Waals surface area (Å²) in [5.41, 5.74) is 0.757. The Kier molecular flexibility index (Phi) is 5.01. The minimum absolute atomic E-state index is 0.195. The zero-order chi connectivity index (χ0) is 15.6. The fraction of sp³-hybridized carbons (Fsp3) is 0.600. The number of benzene rings is 1. The molecule has 1 saturated heterocycles. The van der Waals surface area contributed by atoms with E-state index in [2.05, 4.69) is 12.2 Å². The Labute approximate surface area is 126 Å². The second-order valence-electron chi connectivity index (χ2n) is 5.85. The molecule has 1 aromatic rings. The van der Waals surface area contributed by atoms with Crippen LogP contribution in [-0.2, 0) is 16.6 Å². The average molecular weight is 314 g/mol. The molecule has 0 amide bonds. The molecule has 0 saturated carbocycles. The SMILES string of the molecule is CNCc1cc(S(=O)(=O)N2CCCC(C)C2)cc(C)c1F. The molecule has 2 rings (SSSR count). The van der Waals surface area contributed by atoms with Gasteiger partial charge in [-0.25, -0.2) is 12.8 Å². The molecule has 0 spiro atoms. The van der Waals surface area contributed by atoms with Crippen LogP contribution >= 0.6 is 0 Å². The molecule has 1 aliphatic rings. The fourth-order valence-corrected chi connectivity index (χ4v) is 4.52. The topological polar surface area (TPSA) is 49.4 Å². The van der Waals surface area contributed by atoms with Gasteiger partial charge in [0.2, 0.25) is 10.0 Å². The first-order valence-electron chi connectivity index (χ1n) is 7.30. The summed E-state index contributed by atoms with van der Waals surface area (Å²) in [5.74, 6) is 0.0298. The fourth-order valence-electron chi connectivity index (χ4n) is 2.79. The van der Waals surface area contributed by atoms with Crippen LogP contribution in [0, 0.1) is 18.7 Å². The van der Waals surface area contributed by atoms with Crippen molar-refractivity contribution in [3.05, 3.63) is 29.1 Å². The Morgan fingerprint density at radius 2 is 2.14 bits per heavy atom. The van der Waals surface area contributed by atoms with Gasteiger partial charge in [-0.2, -0.15) is 4.31 Å². The first-order chi connectivity index (χ1) is 9.86. The highest BCUT2D eigenvalue weighted by Gasteiger charge is 2.29. The van der Waals surface area contributed by atoms with Crippen molar-refractivity contribution >= 4 is 10.0 Å². The lowest BCUT2D eigenvalue weighted by Crippen LogP contribution is -2.39. The largest absolute Gasteiger partial charge is 0.316 e. The molecule has 6 heteroatoms. The highest BCUT2D eigenvalue weighted by atomic mass is 32.2. The predicted octanol–water partition coefficient (Wildman–Crippen LogP) is 2.27. The van der Waals surface area contributed by atoms with Gasteiger partial charge in [-0.1, -0.05) is 6.92 Å². The number of hydrogen-bond acceptors (Lipinski definition) is 3. The second kappa shape index (κ2) is 6.42. The van der Waals surface area contributed by atoms with Gasteiger partial charge in [0.1, 0.15) is 5.82 Å². The van der Waals surface area contributed by atoms with Crippen molar-refractivity contribution in [2.75, 3.05) is 20.1 Å². The molecule has 0 radical (unpaired) electrons. The van der Waals surface area contributed by atoms with Crippen molar-refractivity contribution < 1.29 is 12.8 Å². The van der Waals surface area contributed by atoms with Crippen molar-refractivity contribution in [1.82, 2.24) is 9.62 Å². The second-order valence-corrected chi connectivity index (χ2v) is 7.79. The zero-order valence-electron chi connectivity index (χ0n) is 12.8. The number of piperidine rings is 1. The van der Waals surface area contributed by atoms with Gasteiger partial charge in [0.25, 0.3) is 0 Å². The molecule has 4 nitrogen and oxygen atoms in total. The van der Waals surface area contributed by atoms with E-state index in [9.17, 15) is 12.8 Å². The minimum atomic E-state index is -3.54. The maximum atomic E-state index is 14.0. The normalized spacial score (nSPS) is 20.7. The quantitative estimate of drug-likeness (QED) is 0.927. The van der Waals surface area contributed by atoms with E-state index in [4.69, 9.17) is 0 Å². The van der Waals surface area contributed by atoms with E-state index in [1.807, 2.05) is 0 Å². The van der Waals surface area contributed by atoms with E-state index < -0.39 is 10.0 Å². The van der Waals surface area contributed by atoms with Gasteiger partial charge in [0, 0.05) is 25.2 Å². The summed E-state index contributed by atoms with van der Waals surface area (Å²) in [6.07, 6.45) is 1.93. The molecule has 0 bridgehead atoms. The Morgan fingerprint density at radius 1 is 1.43 bits per heavy atom. The third-order valence-corrected chi connectivity index (χ3v) is 5.77. The van der Waals surface area contributed by atoms with Crippen molar-refractivity contribution in [3.63, 3.8) is 0 Å². The van der Waals surface area contributed by atoms with Crippen molar-refractivity contribution in [3.8, 4) is 0 Å². The highest BCUT2D eigenvalue weighted by molar-refractivity contribution is 7.89. The van der Waals surface area contributed by atoms with E-state index >= 15 is 0 Å². The molecule has 0 aliphatic carbocycles. The lowest BCUT2D eigenvalue weighted by molar-refractivity contribution is 0.281. The van der Waals surface area contributed by atoms with Crippen LogP contribution in [0.25, 0.3) is 0 Å². The average Bonchev–Trinajstić information content (AvgIpc) is 2.43. The van der Waals surface area contributed by atoms with Crippen LogP contribution in [0.1, 0.15) is 30.9 Å².